The summed E-state index contributed by atoms with van der Waals surface area (Å²) in [5, 5.41) is 0. The van der Waals surface area contributed by atoms with E-state index in [2.05, 4.69) is 0 Å². The summed E-state index contributed by atoms with van der Waals surface area (Å²) in [6, 6.07) is 13.5. The number of carbonyl (C=O) groups is 2. The molecule has 8 heteroatoms. The maximum atomic E-state index is 12.9. The van der Waals surface area contributed by atoms with Crippen LogP contribution in [0.3, 0.4) is 0 Å². The summed E-state index contributed by atoms with van der Waals surface area (Å²) in [7, 11) is -3.72. The van der Waals surface area contributed by atoms with Gasteiger partial charge in [-0.3, -0.25) is 4.79 Å². The Morgan fingerprint density at radius 2 is 1.57 bits per heavy atom. The minimum atomic E-state index is -3.72. The summed E-state index contributed by atoms with van der Waals surface area (Å²) >= 11 is 0. The molecular formula is C22H28N2O5S. The van der Waals surface area contributed by atoms with Gasteiger partial charge in [-0.2, -0.15) is 4.31 Å². The van der Waals surface area contributed by atoms with Crippen LogP contribution in [0, 0.1) is 6.92 Å². The van der Waals surface area contributed by atoms with Crippen LogP contribution in [-0.2, 0) is 19.6 Å². The van der Waals surface area contributed by atoms with E-state index in [0.717, 1.165) is 0 Å². The Hall–Kier alpha value is -2.71. The Morgan fingerprint density at radius 1 is 0.933 bits per heavy atom. The first-order chi connectivity index (χ1) is 14.3. The van der Waals surface area contributed by atoms with Crippen molar-refractivity contribution >= 4 is 27.6 Å². The van der Waals surface area contributed by atoms with E-state index < -0.39 is 22.6 Å². The van der Waals surface area contributed by atoms with Crippen molar-refractivity contribution in [2.75, 3.05) is 31.1 Å². The van der Waals surface area contributed by atoms with Crippen molar-refractivity contribution in [3.63, 3.8) is 0 Å². The Labute approximate surface area is 178 Å². The van der Waals surface area contributed by atoms with Gasteiger partial charge in [-0.15, -0.1) is 0 Å². The highest BCUT2D eigenvalue weighted by Gasteiger charge is 2.25. The number of aryl methyl sites for hydroxylation is 1. The minimum Gasteiger partial charge on any atom is -0.452 e. The molecule has 0 radical (unpaired) electrons. The second-order valence-electron chi connectivity index (χ2n) is 6.62. The molecule has 2 rings (SSSR count). The molecule has 0 spiro atoms. The first-order valence-electron chi connectivity index (χ1n) is 9.89. The monoisotopic (exact) mass is 432 g/mol. The van der Waals surface area contributed by atoms with Gasteiger partial charge in [0.05, 0.1) is 10.5 Å². The third-order valence-corrected chi connectivity index (χ3v) is 6.95. The van der Waals surface area contributed by atoms with E-state index in [1.165, 1.54) is 21.3 Å². The molecule has 2 aromatic carbocycles. The lowest BCUT2D eigenvalue weighted by atomic mass is 10.1. The molecule has 0 aliphatic rings. The summed E-state index contributed by atoms with van der Waals surface area (Å²) in [6.45, 7) is 7.66. The van der Waals surface area contributed by atoms with Crippen LogP contribution in [0.2, 0.25) is 0 Å². The van der Waals surface area contributed by atoms with Gasteiger partial charge in [0.2, 0.25) is 10.0 Å². The van der Waals surface area contributed by atoms with Gasteiger partial charge in [0.15, 0.2) is 6.61 Å². The molecule has 0 aromatic heterocycles. The predicted molar refractivity (Wildman–Crippen MR) is 116 cm³/mol. The Morgan fingerprint density at radius 3 is 2.13 bits per heavy atom. The molecule has 0 unspecified atom stereocenters. The number of carbonyl (C=O) groups excluding carboxylic acids is 2. The molecule has 1 amide bonds. The number of esters is 1. The molecule has 0 fully saturated rings. The molecule has 0 N–H and O–H groups in total. The predicted octanol–water partition coefficient (Wildman–Crippen LogP) is 3.24. The van der Waals surface area contributed by atoms with Gasteiger partial charge in [0, 0.05) is 25.3 Å². The van der Waals surface area contributed by atoms with Crippen molar-refractivity contribution < 1.29 is 22.7 Å². The van der Waals surface area contributed by atoms with E-state index in [0.29, 0.717) is 30.9 Å². The van der Waals surface area contributed by atoms with E-state index in [9.17, 15) is 18.0 Å². The lowest BCUT2D eigenvalue weighted by Gasteiger charge is -2.21. The lowest BCUT2D eigenvalue weighted by molar-refractivity contribution is -0.121. The molecule has 2 aromatic rings. The molecule has 0 saturated carbocycles. The van der Waals surface area contributed by atoms with Gasteiger partial charge in [-0.1, -0.05) is 38.1 Å². The number of hydrogen-bond acceptors (Lipinski definition) is 5. The number of sulfonamides is 1. The quantitative estimate of drug-likeness (QED) is 0.568. The van der Waals surface area contributed by atoms with E-state index in [4.69, 9.17) is 4.74 Å². The standard InChI is InChI=1S/C22H28N2O5S/c1-5-23(6-2)30(27,28)20-15-18(14-13-17(20)4)22(26)29-16-21(25)24(7-3)19-11-9-8-10-12-19/h8-15H,5-7,16H2,1-4H3. The molecule has 0 bridgehead atoms. The summed E-state index contributed by atoms with van der Waals surface area (Å²) < 4.78 is 32.2. The fourth-order valence-electron chi connectivity index (χ4n) is 3.11. The van der Waals surface area contributed by atoms with Crippen LogP contribution >= 0.6 is 0 Å². The second kappa shape index (κ2) is 10.4. The summed E-state index contributed by atoms with van der Waals surface area (Å²) in [6.07, 6.45) is 0. The Balaban J connectivity index is 2.17. The SMILES string of the molecule is CCN(C(=O)COC(=O)c1ccc(C)c(S(=O)(=O)N(CC)CC)c1)c1ccccc1. The van der Waals surface area contributed by atoms with Gasteiger partial charge < -0.3 is 9.64 Å². The number of anilines is 1. The van der Waals surface area contributed by atoms with Crippen LogP contribution in [0.15, 0.2) is 53.4 Å². The van der Waals surface area contributed by atoms with Crippen molar-refractivity contribution in [1.82, 2.24) is 4.31 Å². The first-order valence-corrected chi connectivity index (χ1v) is 11.3. The van der Waals surface area contributed by atoms with Crippen LogP contribution < -0.4 is 4.90 Å². The number of likely N-dealkylation sites (N-methyl/N-ethyl adjacent to an activating group) is 1. The number of rotatable bonds is 9. The Bertz CT molecular complexity index is 986. The van der Waals surface area contributed by atoms with Crippen molar-refractivity contribution in [3.8, 4) is 0 Å². The topological polar surface area (TPSA) is 84.0 Å². The molecule has 162 valence electrons. The number of para-hydroxylation sites is 1. The van der Waals surface area contributed by atoms with Crippen LogP contribution in [0.5, 0.6) is 0 Å². The number of ether oxygens (including phenoxy) is 1. The van der Waals surface area contributed by atoms with Gasteiger partial charge in [-0.05, 0) is 43.7 Å². The zero-order valence-electron chi connectivity index (χ0n) is 17.8. The minimum absolute atomic E-state index is 0.0615. The third kappa shape index (κ3) is 5.25. The van der Waals surface area contributed by atoms with E-state index in [1.54, 1.807) is 39.0 Å². The number of amides is 1. The van der Waals surface area contributed by atoms with E-state index >= 15 is 0 Å². The van der Waals surface area contributed by atoms with Crippen molar-refractivity contribution in [1.29, 1.82) is 0 Å². The molecule has 0 saturated heterocycles. The molecule has 7 nitrogen and oxygen atoms in total. The first kappa shape index (κ1) is 23.6. The van der Waals surface area contributed by atoms with E-state index in [1.807, 2.05) is 25.1 Å². The summed E-state index contributed by atoms with van der Waals surface area (Å²) in [5.74, 6) is -1.11. The smallest absolute Gasteiger partial charge is 0.338 e. The maximum Gasteiger partial charge on any atom is 0.338 e. The van der Waals surface area contributed by atoms with Crippen LogP contribution in [0.25, 0.3) is 0 Å². The zero-order chi connectivity index (χ0) is 22.3. The Kier molecular flexibility index (Phi) is 8.14. The third-order valence-electron chi connectivity index (χ3n) is 4.76. The molecular weight excluding hydrogens is 404 g/mol. The highest BCUT2D eigenvalue weighted by molar-refractivity contribution is 7.89. The molecule has 0 heterocycles. The average molecular weight is 433 g/mol. The highest BCUT2D eigenvalue weighted by atomic mass is 32.2. The van der Waals surface area contributed by atoms with E-state index in [-0.39, 0.29) is 16.4 Å². The van der Waals surface area contributed by atoms with Crippen LogP contribution in [0.1, 0.15) is 36.7 Å². The fourth-order valence-corrected chi connectivity index (χ4v) is 4.82. The largest absolute Gasteiger partial charge is 0.452 e. The van der Waals surface area contributed by atoms with Gasteiger partial charge in [0.25, 0.3) is 5.91 Å². The number of hydrogen-bond donors (Lipinski definition) is 0. The number of nitrogens with zero attached hydrogens (tertiary/aromatic N) is 2. The highest BCUT2D eigenvalue weighted by Crippen LogP contribution is 2.22. The van der Waals surface area contributed by atoms with Gasteiger partial charge in [0.1, 0.15) is 0 Å². The average Bonchev–Trinajstić information content (AvgIpc) is 2.74. The maximum absolute atomic E-state index is 12.9. The number of benzene rings is 2. The molecule has 0 atom stereocenters. The normalized spacial score (nSPS) is 11.4. The second-order valence-corrected chi connectivity index (χ2v) is 8.53. The van der Waals surface area contributed by atoms with Crippen molar-refractivity contribution in [2.24, 2.45) is 0 Å². The lowest BCUT2D eigenvalue weighted by Crippen LogP contribution is -2.34. The van der Waals surface area contributed by atoms with Gasteiger partial charge in [-0.25, -0.2) is 13.2 Å². The molecule has 0 aliphatic heterocycles. The van der Waals surface area contributed by atoms with Crippen molar-refractivity contribution in [2.45, 2.75) is 32.6 Å². The fraction of sp³-hybridized carbons (Fsp3) is 0.364. The van der Waals surface area contributed by atoms with Gasteiger partial charge >= 0.3 is 5.97 Å². The summed E-state index contributed by atoms with van der Waals surface area (Å²) in [5.41, 5.74) is 1.33. The summed E-state index contributed by atoms with van der Waals surface area (Å²) in [4.78, 5) is 26.6. The zero-order valence-corrected chi connectivity index (χ0v) is 18.6. The van der Waals surface area contributed by atoms with Crippen LogP contribution in [0.4, 0.5) is 5.69 Å². The molecule has 0 aliphatic carbocycles. The van der Waals surface area contributed by atoms with Crippen LogP contribution in [-0.4, -0.2) is 50.8 Å². The molecule has 30 heavy (non-hydrogen) atoms. The van der Waals surface area contributed by atoms with Crippen molar-refractivity contribution in [3.05, 3.63) is 59.7 Å².